The summed E-state index contributed by atoms with van der Waals surface area (Å²) in [5.74, 6) is 0. The van der Waals surface area contributed by atoms with E-state index < -0.39 is 0 Å². The first kappa shape index (κ1) is 37.3. The zero-order valence-corrected chi connectivity index (χ0v) is 30.9. The number of rotatable bonds is 3. The predicted molar refractivity (Wildman–Crippen MR) is 214 cm³/mol. The SMILES string of the molecule is CC1=NC(C)=C(C)C1.CC1=NC(Cc2ccccc2)=CC1.CC1=NC(c2ccccc2)=CC1.CC1=NC2=C(CCCC2)C1.CC1=NC=CC1. The van der Waals surface area contributed by atoms with Gasteiger partial charge < -0.3 is 0 Å². The molecule has 5 aliphatic heterocycles. The second-order valence-corrected chi connectivity index (χ2v) is 13.5. The summed E-state index contributed by atoms with van der Waals surface area (Å²) in [5.41, 5.74) is 16.8. The molecule has 0 spiro atoms. The van der Waals surface area contributed by atoms with Gasteiger partial charge in [0, 0.05) is 90.4 Å². The van der Waals surface area contributed by atoms with Gasteiger partial charge in [-0.3, -0.25) is 25.0 Å². The highest BCUT2D eigenvalue weighted by Gasteiger charge is 2.17. The maximum absolute atomic E-state index is 4.51. The highest BCUT2D eigenvalue weighted by Crippen LogP contribution is 2.32. The number of hydrogen-bond donors (Lipinski definition) is 0. The Morgan fingerprint density at radius 2 is 1.22 bits per heavy atom. The fraction of sp³-hybridized carbons (Fsp3) is 0.386. The summed E-state index contributed by atoms with van der Waals surface area (Å²) in [6.45, 7) is 14.6. The third-order valence-electron chi connectivity index (χ3n) is 8.82. The van der Waals surface area contributed by atoms with Gasteiger partial charge >= 0.3 is 0 Å². The van der Waals surface area contributed by atoms with E-state index >= 15 is 0 Å². The van der Waals surface area contributed by atoms with Gasteiger partial charge in [-0.15, -0.1) is 0 Å². The van der Waals surface area contributed by atoms with E-state index in [9.17, 15) is 0 Å². The fourth-order valence-corrected chi connectivity index (χ4v) is 6.10. The maximum Gasteiger partial charge on any atom is 0.0665 e. The Hall–Kier alpha value is -4.51. The number of benzene rings is 2. The third-order valence-corrected chi connectivity index (χ3v) is 8.82. The van der Waals surface area contributed by atoms with Gasteiger partial charge in [0.25, 0.3) is 0 Å². The van der Waals surface area contributed by atoms with Crippen molar-refractivity contribution in [2.75, 3.05) is 0 Å². The average Bonchev–Trinajstić information content (AvgIpc) is 3.94. The molecule has 5 nitrogen and oxygen atoms in total. The summed E-state index contributed by atoms with van der Waals surface area (Å²) in [7, 11) is 0. The Labute approximate surface area is 295 Å². The van der Waals surface area contributed by atoms with E-state index in [0.717, 1.165) is 37.8 Å². The molecule has 1 aliphatic carbocycles. The molecule has 49 heavy (non-hydrogen) atoms. The quantitative estimate of drug-likeness (QED) is 0.316. The highest BCUT2D eigenvalue weighted by molar-refractivity contribution is 5.94. The van der Waals surface area contributed by atoms with Crippen LogP contribution in [0.4, 0.5) is 0 Å². The van der Waals surface area contributed by atoms with Crippen molar-refractivity contribution in [3.8, 4) is 0 Å². The first-order valence-corrected chi connectivity index (χ1v) is 17.9. The lowest BCUT2D eigenvalue weighted by Crippen LogP contribution is -1.93. The zero-order chi connectivity index (χ0) is 35.0. The molecule has 5 heteroatoms. The smallest absolute Gasteiger partial charge is 0.0665 e. The van der Waals surface area contributed by atoms with Crippen molar-refractivity contribution in [2.24, 2.45) is 25.0 Å². The average molecular weight is 654 g/mol. The summed E-state index contributed by atoms with van der Waals surface area (Å²) in [6, 6.07) is 20.8. The molecule has 0 saturated carbocycles. The van der Waals surface area contributed by atoms with Crippen LogP contribution >= 0.6 is 0 Å². The van der Waals surface area contributed by atoms with E-state index in [-0.39, 0.29) is 0 Å². The fourth-order valence-electron chi connectivity index (χ4n) is 6.10. The van der Waals surface area contributed by atoms with Crippen LogP contribution in [-0.2, 0) is 6.42 Å². The number of aliphatic imine (C=N–C) groups is 5. The minimum absolute atomic E-state index is 0.970. The Morgan fingerprint density at radius 1 is 0.571 bits per heavy atom. The first-order valence-electron chi connectivity index (χ1n) is 17.9. The van der Waals surface area contributed by atoms with Crippen LogP contribution in [0.15, 0.2) is 138 Å². The normalized spacial score (nSPS) is 18.5. The molecule has 2 aromatic carbocycles. The van der Waals surface area contributed by atoms with E-state index in [1.54, 1.807) is 5.57 Å². The molecule has 8 rings (SSSR count). The van der Waals surface area contributed by atoms with E-state index in [0.29, 0.717) is 0 Å². The lowest BCUT2D eigenvalue weighted by atomic mass is 9.96. The maximum atomic E-state index is 4.51. The molecule has 0 aromatic heterocycles. The summed E-state index contributed by atoms with van der Waals surface area (Å²) in [6.07, 6.45) is 19.9. The van der Waals surface area contributed by atoms with Crippen LogP contribution in [0, 0.1) is 0 Å². The second-order valence-electron chi connectivity index (χ2n) is 13.5. The van der Waals surface area contributed by atoms with Crippen molar-refractivity contribution < 1.29 is 0 Å². The van der Waals surface area contributed by atoms with Crippen LogP contribution in [0.3, 0.4) is 0 Å². The molecule has 0 amide bonds. The van der Waals surface area contributed by atoms with Crippen molar-refractivity contribution >= 4 is 34.3 Å². The molecule has 0 N–H and O–H groups in total. The molecular formula is C44H55N5. The minimum Gasteiger partial charge on any atom is -0.266 e. The molecule has 0 saturated heterocycles. The molecule has 0 bridgehead atoms. The number of nitrogens with zero attached hydrogens (tertiary/aromatic N) is 5. The Kier molecular flexibility index (Phi) is 14.8. The Bertz CT molecular complexity index is 1740. The molecule has 6 aliphatic rings. The molecule has 0 radical (unpaired) electrons. The Balaban J connectivity index is 0.000000141. The van der Waals surface area contributed by atoms with E-state index in [1.807, 2.05) is 37.4 Å². The van der Waals surface area contributed by atoms with Gasteiger partial charge in [0.15, 0.2) is 0 Å². The predicted octanol–water partition coefficient (Wildman–Crippen LogP) is 12.1. The van der Waals surface area contributed by atoms with Gasteiger partial charge in [-0.05, 0) is 96.4 Å². The Morgan fingerprint density at radius 3 is 1.71 bits per heavy atom. The van der Waals surface area contributed by atoms with Crippen LogP contribution < -0.4 is 0 Å². The molecule has 0 unspecified atom stereocenters. The van der Waals surface area contributed by atoms with E-state index in [1.165, 1.54) is 94.5 Å². The first-order chi connectivity index (χ1) is 23.7. The minimum atomic E-state index is 0.970. The molecule has 256 valence electrons. The van der Waals surface area contributed by atoms with Crippen LogP contribution in [0.2, 0.25) is 0 Å². The van der Waals surface area contributed by atoms with Gasteiger partial charge in [0.1, 0.15) is 0 Å². The largest absolute Gasteiger partial charge is 0.266 e. The van der Waals surface area contributed by atoms with Gasteiger partial charge in [-0.2, -0.15) is 0 Å². The lowest BCUT2D eigenvalue weighted by molar-refractivity contribution is 0.670. The van der Waals surface area contributed by atoms with Crippen molar-refractivity contribution in [3.63, 3.8) is 0 Å². The topological polar surface area (TPSA) is 61.8 Å². The van der Waals surface area contributed by atoms with Gasteiger partial charge in [-0.25, -0.2) is 0 Å². The van der Waals surface area contributed by atoms with Gasteiger partial charge in [0.2, 0.25) is 0 Å². The van der Waals surface area contributed by atoms with Crippen LogP contribution in [0.5, 0.6) is 0 Å². The summed E-state index contributed by atoms with van der Waals surface area (Å²) < 4.78 is 0. The van der Waals surface area contributed by atoms with Crippen LogP contribution in [0.1, 0.15) is 117 Å². The summed E-state index contributed by atoms with van der Waals surface area (Å²) in [5, 5.41) is 0. The molecule has 2 aromatic rings. The van der Waals surface area contributed by atoms with E-state index in [4.69, 9.17) is 0 Å². The number of allylic oxidation sites excluding steroid dienone is 8. The van der Waals surface area contributed by atoms with Crippen molar-refractivity contribution in [1.82, 2.24) is 0 Å². The zero-order valence-electron chi connectivity index (χ0n) is 30.9. The highest BCUT2D eigenvalue weighted by atomic mass is 14.8. The molecule has 0 atom stereocenters. The van der Waals surface area contributed by atoms with Crippen molar-refractivity contribution in [1.29, 1.82) is 0 Å². The molecule has 0 fully saturated rings. The molecule has 5 heterocycles. The number of hydrogen-bond acceptors (Lipinski definition) is 5. The summed E-state index contributed by atoms with van der Waals surface area (Å²) in [4.78, 5) is 21.6. The van der Waals surface area contributed by atoms with Gasteiger partial charge in [-0.1, -0.05) is 78.9 Å². The van der Waals surface area contributed by atoms with Crippen LogP contribution in [-0.4, -0.2) is 28.6 Å². The standard InChI is InChI=1S/C12H13N.C11H11N.C9H13N.C7H11N.C5H7N/c1-10-7-8-12(13-10)9-11-5-3-2-4-6-11;1-9-7-8-11(12-9)10-5-3-2-4-6-10;1-7-6-8-4-2-3-5-9(8)10-7;1-5-4-6(2)8-7(5)3;1-5-3-2-4-6-5/h2-6,8H,7,9H2,1H3;2-6,8H,7H2,1H3;2-6H2,1H3;4H2,1-3H3;2,4H,3H2,1H3. The summed E-state index contributed by atoms with van der Waals surface area (Å²) >= 11 is 0. The second kappa shape index (κ2) is 19.5. The molecular weight excluding hydrogens is 599 g/mol. The van der Waals surface area contributed by atoms with Crippen molar-refractivity contribution in [2.45, 2.75) is 113 Å². The lowest BCUT2D eigenvalue weighted by Gasteiger charge is -2.10. The van der Waals surface area contributed by atoms with Gasteiger partial charge in [0.05, 0.1) is 5.70 Å². The third kappa shape index (κ3) is 13.1. The van der Waals surface area contributed by atoms with E-state index in [2.05, 4.69) is 121 Å². The monoisotopic (exact) mass is 653 g/mol. The van der Waals surface area contributed by atoms with Crippen molar-refractivity contribution in [3.05, 3.63) is 124 Å². The van der Waals surface area contributed by atoms with Crippen LogP contribution in [0.25, 0.3) is 5.70 Å².